The largest absolute Gasteiger partial charge is 0.288 e. The van der Waals surface area contributed by atoms with Crippen LogP contribution in [0.25, 0.3) is 16.6 Å². The van der Waals surface area contributed by atoms with Gasteiger partial charge in [-0.15, -0.1) is 10.2 Å². The van der Waals surface area contributed by atoms with Crippen LogP contribution < -0.4 is 0 Å². The average molecular weight is 171 g/mol. The van der Waals surface area contributed by atoms with E-state index in [1.54, 1.807) is 12.5 Å². The molecule has 0 aliphatic rings. The monoisotopic (exact) mass is 171 g/mol. The molecule has 0 radical (unpaired) electrons. The molecule has 5 heteroatoms. The van der Waals surface area contributed by atoms with E-state index in [1.807, 2.05) is 16.7 Å². The van der Waals surface area contributed by atoms with Gasteiger partial charge in [0.25, 0.3) is 0 Å². The summed E-state index contributed by atoms with van der Waals surface area (Å²) >= 11 is 0. The van der Waals surface area contributed by atoms with Gasteiger partial charge in [-0.25, -0.2) is 9.97 Å². The molecule has 0 atom stereocenters. The van der Waals surface area contributed by atoms with Gasteiger partial charge < -0.3 is 0 Å². The van der Waals surface area contributed by atoms with Gasteiger partial charge in [-0.1, -0.05) is 0 Å². The molecule has 0 spiro atoms. The lowest BCUT2D eigenvalue weighted by atomic mass is 10.3. The molecule has 3 aromatic heterocycles. The summed E-state index contributed by atoms with van der Waals surface area (Å²) in [6.45, 7) is 0. The highest BCUT2D eigenvalue weighted by molar-refractivity contribution is 5.89. The maximum absolute atomic E-state index is 4.12. The van der Waals surface area contributed by atoms with Crippen LogP contribution in [0.3, 0.4) is 0 Å². The highest BCUT2D eigenvalue weighted by atomic mass is 15.2. The van der Waals surface area contributed by atoms with Crippen molar-refractivity contribution in [2.45, 2.75) is 0 Å². The van der Waals surface area contributed by atoms with Gasteiger partial charge in [0.2, 0.25) is 0 Å². The summed E-state index contributed by atoms with van der Waals surface area (Å²) in [5, 5.41) is 8.71. The Kier molecular flexibility index (Phi) is 1.11. The van der Waals surface area contributed by atoms with Crippen LogP contribution in [0.5, 0.6) is 0 Å². The molecule has 0 unspecified atom stereocenters. The smallest absolute Gasteiger partial charge is 0.171 e. The fourth-order valence-corrected chi connectivity index (χ4v) is 1.34. The normalized spacial score (nSPS) is 11.1. The Balaban J connectivity index is 2.65. The molecule has 3 aromatic rings. The van der Waals surface area contributed by atoms with Crippen molar-refractivity contribution in [2.75, 3.05) is 0 Å². The number of aromatic nitrogens is 5. The summed E-state index contributed by atoms with van der Waals surface area (Å²) in [5.74, 6) is 0. The molecular formula is C8H5N5. The quantitative estimate of drug-likeness (QED) is 0.499. The van der Waals surface area contributed by atoms with E-state index in [0.717, 1.165) is 16.6 Å². The van der Waals surface area contributed by atoms with Gasteiger partial charge >= 0.3 is 0 Å². The molecule has 0 aliphatic heterocycles. The molecule has 0 aromatic carbocycles. The van der Waals surface area contributed by atoms with E-state index in [9.17, 15) is 0 Å². The fraction of sp³-hybridized carbons (Fsp3) is 0. The molecule has 5 nitrogen and oxygen atoms in total. The third-order valence-corrected chi connectivity index (χ3v) is 1.95. The van der Waals surface area contributed by atoms with Gasteiger partial charge in [-0.05, 0) is 6.07 Å². The Morgan fingerprint density at radius 1 is 1.31 bits per heavy atom. The predicted molar refractivity (Wildman–Crippen MR) is 46.1 cm³/mol. The van der Waals surface area contributed by atoms with E-state index in [-0.39, 0.29) is 0 Å². The summed E-state index contributed by atoms with van der Waals surface area (Å²) in [6, 6.07) is 1.91. The van der Waals surface area contributed by atoms with Gasteiger partial charge in [0.15, 0.2) is 5.65 Å². The molecule has 0 amide bonds. The lowest BCUT2D eigenvalue weighted by molar-refractivity contribution is 1.10. The number of nitrogens with zero attached hydrogens (tertiary/aromatic N) is 5. The van der Waals surface area contributed by atoms with E-state index in [1.165, 1.54) is 6.33 Å². The van der Waals surface area contributed by atoms with Crippen LogP contribution in [0.4, 0.5) is 0 Å². The molecule has 3 rings (SSSR count). The van der Waals surface area contributed by atoms with E-state index in [4.69, 9.17) is 0 Å². The highest BCUT2D eigenvalue weighted by Gasteiger charge is 2.01. The minimum absolute atomic E-state index is 0.790. The lowest BCUT2D eigenvalue weighted by Crippen LogP contribution is -1.87. The van der Waals surface area contributed by atoms with E-state index in [2.05, 4.69) is 20.2 Å². The average Bonchev–Trinajstić information content (AvgIpc) is 2.65. The van der Waals surface area contributed by atoms with Crippen molar-refractivity contribution in [1.82, 2.24) is 24.6 Å². The maximum Gasteiger partial charge on any atom is 0.171 e. The first kappa shape index (κ1) is 6.47. The van der Waals surface area contributed by atoms with Crippen LogP contribution in [-0.4, -0.2) is 24.6 Å². The Hall–Kier alpha value is -2.04. The van der Waals surface area contributed by atoms with Crippen molar-refractivity contribution in [3.05, 3.63) is 31.1 Å². The number of hydrogen-bond donors (Lipinski definition) is 0. The van der Waals surface area contributed by atoms with Crippen molar-refractivity contribution < 1.29 is 0 Å². The van der Waals surface area contributed by atoms with Crippen LogP contribution in [-0.2, 0) is 0 Å². The topological polar surface area (TPSA) is 56.0 Å². The zero-order valence-electron chi connectivity index (χ0n) is 6.62. The molecule has 62 valence electrons. The third-order valence-electron chi connectivity index (χ3n) is 1.95. The third kappa shape index (κ3) is 0.807. The Morgan fingerprint density at radius 2 is 2.31 bits per heavy atom. The van der Waals surface area contributed by atoms with E-state index >= 15 is 0 Å². The summed E-state index contributed by atoms with van der Waals surface area (Å²) < 4.78 is 1.84. The number of fused-ring (bicyclic) bond motifs is 3. The lowest BCUT2D eigenvalue weighted by Gasteiger charge is -1.96. The van der Waals surface area contributed by atoms with Crippen molar-refractivity contribution in [3.8, 4) is 0 Å². The highest BCUT2D eigenvalue weighted by Crippen LogP contribution is 2.13. The molecule has 0 saturated carbocycles. The van der Waals surface area contributed by atoms with Crippen molar-refractivity contribution in [3.63, 3.8) is 0 Å². The zero-order valence-corrected chi connectivity index (χ0v) is 6.62. The zero-order chi connectivity index (χ0) is 8.67. The van der Waals surface area contributed by atoms with E-state index < -0.39 is 0 Å². The molecule has 0 N–H and O–H groups in total. The Morgan fingerprint density at radius 3 is 3.31 bits per heavy atom. The minimum Gasteiger partial charge on any atom is -0.288 e. The Bertz CT molecular complexity index is 571. The van der Waals surface area contributed by atoms with Gasteiger partial charge in [0.05, 0.1) is 10.9 Å². The second-order valence-corrected chi connectivity index (χ2v) is 2.70. The van der Waals surface area contributed by atoms with Crippen LogP contribution in [0.2, 0.25) is 0 Å². The fourth-order valence-electron chi connectivity index (χ4n) is 1.34. The molecule has 0 saturated heterocycles. The number of pyridine rings is 1. The molecular weight excluding hydrogens is 166 g/mol. The second kappa shape index (κ2) is 2.22. The van der Waals surface area contributed by atoms with Crippen LogP contribution in [0.15, 0.2) is 31.1 Å². The van der Waals surface area contributed by atoms with Gasteiger partial charge in [-0.3, -0.25) is 4.40 Å². The SMILES string of the molecule is c1ncc2c(ccn3cnnc23)n1. The van der Waals surface area contributed by atoms with Crippen LogP contribution in [0, 0.1) is 0 Å². The summed E-state index contributed by atoms with van der Waals surface area (Å²) in [4.78, 5) is 8.07. The van der Waals surface area contributed by atoms with Crippen molar-refractivity contribution >= 4 is 16.6 Å². The molecule has 0 bridgehead atoms. The first-order chi connectivity index (χ1) is 6.45. The molecule has 0 aliphatic carbocycles. The second-order valence-electron chi connectivity index (χ2n) is 2.70. The van der Waals surface area contributed by atoms with Gasteiger partial charge in [0.1, 0.15) is 12.7 Å². The van der Waals surface area contributed by atoms with Crippen LogP contribution >= 0.6 is 0 Å². The Labute approximate surface area is 73.1 Å². The van der Waals surface area contributed by atoms with Gasteiger partial charge in [-0.2, -0.15) is 0 Å². The van der Waals surface area contributed by atoms with Crippen molar-refractivity contribution in [1.29, 1.82) is 0 Å². The summed E-state index contributed by atoms with van der Waals surface area (Å²) in [7, 11) is 0. The standard InChI is InChI=1S/C8H5N5/c1-2-13-5-11-12-8(13)6-3-9-4-10-7(1)6/h1-5H. The number of rotatable bonds is 0. The summed E-state index contributed by atoms with van der Waals surface area (Å²) in [6.07, 6.45) is 6.80. The van der Waals surface area contributed by atoms with Crippen molar-refractivity contribution in [2.24, 2.45) is 0 Å². The van der Waals surface area contributed by atoms with E-state index in [0.29, 0.717) is 0 Å². The molecule has 3 heterocycles. The summed E-state index contributed by atoms with van der Waals surface area (Å²) in [5.41, 5.74) is 1.67. The first-order valence-electron chi connectivity index (χ1n) is 3.83. The predicted octanol–water partition coefficient (Wildman–Crippen LogP) is 0.672. The molecule has 0 fully saturated rings. The maximum atomic E-state index is 4.12. The number of hydrogen-bond acceptors (Lipinski definition) is 4. The minimum atomic E-state index is 0.790. The molecule has 13 heavy (non-hydrogen) atoms. The van der Waals surface area contributed by atoms with Gasteiger partial charge in [0, 0.05) is 12.4 Å². The first-order valence-corrected chi connectivity index (χ1v) is 3.83. The van der Waals surface area contributed by atoms with Crippen LogP contribution in [0.1, 0.15) is 0 Å².